The van der Waals surface area contributed by atoms with Gasteiger partial charge in [0.15, 0.2) is 0 Å². The summed E-state index contributed by atoms with van der Waals surface area (Å²) in [5, 5.41) is 9.02. The molecule has 1 aliphatic rings. The Morgan fingerprint density at radius 3 is 2.68 bits per heavy atom. The van der Waals surface area contributed by atoms with Crippen molar-refractivity contribution in [2.75, 3.05) is 5.32 Å². The maximum absolute atomic E-state index is 14.2. The topological polar surface area (TPSA) is 80.2 Å². The predicted octanol–water partition coefficient (Wildman–Crippen LogP) is 6.28. The third kappa shape index (κ3) is 3.71. The zero-order chi connectivity index (χ0) is 26.0. The molecule has 2 aromatic heterocycles. The van der Waals surface area contributed by atoms with Crippen molar-refractivity contribution in [3.8, 4) is 0 Å². The fourth-order valence-electron chi connectivity index (χ4n) is 4.81. The van der Waals surface area contributed by atoms with Gasteiger partial charge >= 0.3 is 0 Å². The van der Waals surface area contributed by atoms with E-state index in [-0.39, 0.29) is 26.9 Å². The Morgan fingerprint density at radius 1 is 1.08 bits per heavy atom. The second-order valence-corrected chi connectivity index (χ2v) is 10.4. The summed E-state index contributed by atoms with van der Waals surface area (Å²) in [6.07, 6.45) is 0. The van der Waals surface area contributed by atoms with E-state index in [9.17, 15) is 18.8 Å². The summed E-state index contributed by atoms with van der Waals surface area (Å²) in [5.41, 5.74) is 1.64. The standard InChI is InChI=1S/C27H16Cl2FN3O3S/c1-33-19-10-18(31-26(35)15-11-37-20-5-3-2-4-13(15)20)23-24(22(19)17(29)9-21(33)34)27(36)32-25(23)14-8-12(30)6-7-16(14)28/h2-11,25H,1H3,(H,31,35)(H,32,36). The van der Waals surface area contributed by atoms with Crippen molar-refractivity contribution in [3.05, 3.63) is 108 Å². The van der Waals surface area contributed by atoms with Crippen molar-refractivity contribution in [1.82, 2.24) is 9.88 Å². The minimum atomic E-state index is -0.863. The number of aryl methyl sites for hydroxylation is 1. The van der Waals surface area contributed by atoms with Crippen LogP contribution in [0, 0.1) is 5.82 Å². The van der Waals surface area contributed by atoms with E-state index in [1.54, 1.807) is 18.5 Å². The summed E-state index contributed by atoms with van der Waals surface area (Å²) in [4.78, 5) is 39.3. The van der Waals surface area contributed by atoms with E-state index in [1.165, 1.54) is 40.2 Å². The Balaban J connectivity index is 1.62. The Hall–Kier alpha value is -3.72. The first-order chi connectivity index (χ1) is 17.7. The lowest BCUT2D eigenvalue weighted by molar-refractivity contribution is 0.0961. The van der Waals surface area contributed by atoms with Crippen LogP contribution in [0.25, 0.3) is 21.0 Å². The summed E-state index contributed by atoms with van der Waals surface area (Å²) in [7, 11) is 1.55. The van der Waals surface area contributed by atoms with Crippen LogP contribution in [0.5, 0.6) is 0 Å². The van der Waals surface area contributed by atoms with Gasteiger partial charge in [0, 0.05) is 55.8 Å². The third-order valence-electron chi connectivity index (χ3n) is 6.56. The highest BCUT2D eigenvalue weighted by molar-refractivity contribution is 7.17. The monoisotopic (exact) mass is 551 g/mol. The quantitative estimate of drug-likeness (QED) is 0.276. The number of thiophene rings is 1. The summed E-state index contributed by atoms with van der Waals surface area (Å²) in [6.45, 7) is 0. The van der Waals surface area contributed by atoms with Gasteiger partial charge < -0.3 is 15.2 Å². The highest BCUT2D eigenvalue weighted by Crippen LogP contribution is 2.44. The van der Waals surface area contributed by atoms with Crippen molar-refractivity contribution < 1.29 is 14.0 Å². The number of nitrogens with zero attached hydrogens (tertiary/aromatic N) is 1. The fourth-order valence-corrected chi connectivity index (χ4v) is 6.27. The largest absolute Gasteiger partial charge is 0.341 e. The lowest BCUT2D eigenvalue weighted by atomic mass is 9.93. The molecule has 1 atom stereocenters. The van der Waals surface area contributed by atoms with Gasteiger partial charge in [0.2, 0.25) is 0 Å². The number of halogens is 3. The molecule has 2 amide bonds. The zero-order valence-corrected chi connectivity index (χ0v) is 21.4. The van der Waals surface area contributed by atoms with Crippen LogP contribution in [0.2, 0.25) is 10.0 Å². The normalized spacial score (nSPS) is 14.7. The zero-order valence-electron chi connectivity index (χ0n) is 19.1. The number of hydrogen-bond donors (Lipinski definition) is 2. The smallest absolute Gasteiger partial charge is 0.257 e. The third-order valence-corrected chi connectivity index (χ3v) is 8.17. The number of hydrogen-bond acceptors (Lipinski definition) is 4. The van der Waals surface area contributed by atoms with Gasteiger partial charge in [-0.15, -0.1) is 11.3 Å². The molecule has 0 radical (unpaired) electrons. The fraction of sp³-hybridized carbons (Fsp3) is 0.0741. The molecule has 3 heterocycles. The van der Waals surface area contributed by atoms with Gasteiger partial charge in [-0.25, -0.2) is 4.39 Å². The highest BCUT2D eigenvalue weighted by atomic mass is 35.5. The van der Waals surface area contributed by atoms with Gasteiger partial charge in [-0.3, -0.25) is 14.4 Å². The molecule has 6 nitrogen and oxygen atoms in total. The molecule has 0 bridgehead atoms. The molecule has 0 saturated heterocycles. The maximum Gasteiger partial charge on any atom is 0.257 e. The Morgan fingerprint density at radius 2 is 1.86 bits per heavy atom. The molecule has 1 unspecified atom stereocenters. The van der Waals surface area contributed by atoms with E-state index < -0.39 is 23.7 Å². The number of nitrogens with one attached hydrogen (secondary N) is 2. The summed E-state index contributed by atoms with van der Waals surface area (Å²) < 4.78 is 16.5. The molecule has 0 aliphatic carbocycles. The van der Waals surface area contributed by atoms with Gasteiger partial charge in [0.1, 0.15) is 5.82 Å². The average molecular weight is 552 g/mol. The first-order valence-corrected chi connectivity index (χ1v) is 12.8. The summed E-state index contributed by atoms with van der Waals surface area (Å²) >= 11 is 14.3. The molecule has 5 aromatic rings. The minimum Gasteiger partial charge on any atom is -0.341 e. The number of rotatable bonds is 3. The van der Waals surface area contributed by atoms with E-state index in [1.807, 2.05) is 24.3 Å². The van der Waals surface area contributed by atoms with E-state index >= 15 is 0 Å². The number of benzene rings is 3. The first kappa shape index (κ1) is 23.7. The molecule has 0 saturated carbocycles. The SMILES string of the molecule is Cn1c(=O)cc(Cl)c2c3c(c(NC(=O)c4csc5ccccc45)cc21)C(c1cc(F)ccc1Cl)NC3=O. The number of aromatic nitrogens is 1. The van der Waals surface area contributed by atoms with Gasteiger partial charge in [-0.1, -0.05) is 41.4 Å². The number of anilines is 1. The lowest BCUT2D eigenvalue weighted by Crippen LogP contribution is -2.21. The highest BCUT2D eigenvalue weighted by Gasteiger charge is 2.37. The second-order valence-electron chi connectivity index (χ2n) is 8.67. The Bertz CT molecular complexity index is 1860. The minimum absolute atomic E-state index is 0.0946. The van der Waals surface area contributed by atoms with Crippen molar-refractivity contribution in [2.24, 2.45) is 7.05 Å². The van der Waals surface area contributed by atoms with Crippen LogP contribution in [0.3, 0.4) is 0 Å². The number of pyridine rings is 1. The van der Waals surface area contributed by atoms with Crippen molar-refractivity contribution in [2.45, 2.75) is 6.04 Å². The molecular formula is C27H16Cl2FN3O3S. The van der Waals surface area contributed by atoms with Gasteiger partial charge in [0.25, 0.3) is 17.4 Å². The van der Waals surface area contributed by atoms with E-state index in [0.29, 0.717) is 27.6 Å². The molecule has 0 spiro atoms. The molecule has 6 rings (SSSR count). The van der Waals surface area contributed by atoms with Gasteiger partial charge in [-0.2, -0.15) is 0 Å². The number of carbonyl (C=O) groups excluding carboxylic acids is 2. The van der Waals surface area contributed by atoms with E-state index in [4.69, 9.17) is 23.2 Å². The van der Waals surface area contributed by atoms with Crippen molar-refractivity contribution >= 4 is 73.0 Å². The van der Waals surface area contributed by atoms with E-state index in [2.05, 4.69) is 10.6 Å². The molecule has 0 fully saturated rings. The number of carbonyl (C=O) groups is 2. The van der Waals surface area contributed by atoms with Crippen LogP contribution in [0.15, 0.2) is 64.8 Å². The van der Waals surface area contributed by atoms with Crippen LogP contribution in [0.1, 0.15) is 37.9 Å². The van der Waals surface area contributed by atoms with Gasteiger partial charge in [0.05, 0.1) is 27.7 Å². The van der Waals surface area contributed by atoms with Crippen LogP contribution >= 0.6 is 34.5 Å². The molecule has 10 heteroatoms. The maximum atomic E-state index is 14.2. The molecule has 3 aromatic carbocycles. The number of amides is 2. The lowest BCUT2D eigenvalue weighted by Gasteiger charge is -2.19. The van der Waals surface area contributed by atoms with E-state index in [0.717, 1.165) is 10.1 Å². The Labute approximate surface area is 223 Å². The Kier molecular flexibility index (Phi) is 5.56. The van der Waals surface area contributed by atoms with Crippen LogP contribution < -0.4 is 16.2 Å². The van der Waals surface area contributed by atoms with Crippen molar-refractivity contribution in [3.63, 3.8) is 0 Å². The van der Waals surface area contributed by atoms with Crippen LogP contribution in [0.4, 0.5) is 10.1 Å². The summed E-state index contributed by atoms with van der Waals surface area (Å²) in [6, 6.07) is 13.4. The second kappa shape index (κ2) is 8.69. The number of fused-ring (bicyclic) bond motifs is 4. The van der Waals surface area contributed by atoms with Crippen LogP contribution in [-0.4, -0.2) is 16.4 Å². The molecule has 1 aliphatic heterocycles. The molecule has 37 heavy (non-hydrogen) atoms. The van der Waals surface area contributed by atoms with Crippen LogP contribution in [-0.2, 0) is 7.05 Å². The molecule has 184 valence electrons. The van der Waals surface area contributed by atoms with Gasteiger partial charge in [-0.05, 0) is 30.3 Å². The molecule has 2 N–H and O–H groups in total. The first-order valence-electron chi connectivity index (χ1n) is 11.1. The van der Waals surface area contributed by atoms with Crippen molar-refractivity contribution in [1.29, 1.82) is 0 Å². The summed E-state index contributed by atoms with van der Waals surface area (Å²) in [5.74, 6) is -1.41. The predicted molar refractivity (Wildman–Crippen MR) is 145 cm³/mol. The average Bonchev–Trinajstić information content (AvgIpc) is 3.46. The molecular weight excluding hydrogens is 536 g/mol.